The largest absolute Gasteiger partial charge is 0.462 e. The Hall–Kier alpha value is -2.63. The van der Waals surface area contributed by atoms with Crippen LogP contribution in [0.15, 0.2) is 48.6 Å². The van der Waals surface area contributed by atoms with Crippen LogP contribution in [0.1, 0.15) is 265 Å². The Labute approximate surface area is 378 Å². The number of carbonyl (C=O) groups is 3. The molecule has 1 unspecified atom stereocenters. The Bertz CT molecular complexity index is 1070. The minimum absolute atomic E-state index is 0.0772. The van der Waals surface area contributed by atoms with Gasteiger partial charge in [0.25, 0.3) is 0 Å². The fourth-order valence-electron chi connectivity index (χ4n) is 7.45. The minimum Gasteiger partial charge on any atom is -0.462 e. The lowest BCUT2D eigenvalue weighted by molar-refractivity contribution is -0.167. The van der Waals surface area contributed by atoms with E-state index in [-0.39, 0.29) is 31.1 Å². The van der Waals surface area contributed by atoms with Gasteiger partial charge < -0.3 is 14.2 Å². The fourth-order valence-corrected chi connectivity index (χ4v) is 7.45. The van der Waals surface area contributed by atoms with Crippen LogP contribution >= 0.6 is 0 Å². The van der Waals surface area contributed by atoms with E-state index < -0.39 is 6.10 Å². The molecule has 0 aliphatic heterocycles. The van der Waals surface area contributed by atoms with Crippen LogP contribution in [0.3, 0.4) is 0 Å². The first kappa shape index (κ1) is 58.4. The normalized spacial score (nSPS) is 12.4. The predicted octanol–water partition coefficient (Wildman–Crippen LogP) is 17.1. The number of rotatable bonds is 47. The molecule has 0 aromatic rings. The average molecular weight is 855 g/mol. The van der Waals surface area contributed by atoms with Crippen molar-refractivity contribution in [2.75, 3.05) is 13.2 Å². The van der Waals surface area contributed by atoms with Crippen LogP contribution < -0.4 is 0 Å². The predicted molar refractivity (Wildman–Crippen MR) is 261 cm³/mol. The highest BCUT2D eigenvalue weighted by Gasteiger charge is 2.19. The quantitative estimate of drug-likeness (QED) is 0.0263. The monoisotopic (exact) mass is 855 g/mol. The van der Waals surface area contributed by atoms with Crippen LogP contribution in [0.4, 0.5) is 0 Å². The smallest absolute Gasteiger partial charge is 0.306 e. The molecule has 0 saturated carbocycles. The van der Waals surface area contributed by atoms with Gasteiger partial charge in [0.2, 0.25) is 0 Å². The summed E-state index contributed by atoms with van der Waals surface area (Å²) in [5.74, 6) is -0.891. The number of carbonyl (C=O) groups excluding carboxylic acids is 3. The van der Waals surface area contributed by atoms with E-state index in [4.69, 9.17) is 14.2 Å². The maximum absolute atomic E-state index is 12.8. The van der Waals surface area contributed by atoms with E-state index in [1.807, 2.05) is 0 Å². The Balaban J connectivity index is 4.39. The summed E-state index contributed by atoms with van der Waals surface area (Å²) in [7, 11) is 0. The van der Waals surface area contributed by atoms with Crippen molar-refractivity contribution in [3.05, 3.63) is 48.6 Å². The third kappa shape index (κ3) is 48.3. The summed E-state index contributed by atoms with van der Waals surface area (Å²) >= 11 is 0. The van der Waals surface area contributed by atoms with Gasteiger partial charge >= 0.3 is 17.9 Å². The van der Waals surface area contributed by atoms with Crippen LogP contribution in [-0.2, 0) is 28.6 Å². The van der Waals surface area contributed by atoms with Crippen molar-refractivity contribution in [3.63, 3.8) is 0 Å². The molecule has 0 aliphatic carbocycles. The molecule has 6 nitrogen and oxygen atoms in total. The highest BCUT2D eigenvalue weighted by Crippen LogP contribution is 2.16. The zero-order valence-corrected chi connectivity index (χ0v) is 40.4. The molecule has 0 aromatic heterocycles. The fraction of sp³-hybridized carbons (Fsp3) is 0.800. The third-order valence-electron chi connectivity index (χ3n) is 11.4. The standard InChI is InChI=1S/C55H98O6/c1-4-7-10-13-16-19-22-25-26-27-28-29-31-33-36-39-42-45-48-54(57)60-51-52(50-59-53(56)47-44-41-38-35-32-24-21-18-15-12-9-6-3)61-55(58)49-46-43-40-37-34-30-23-20-17-14-11-8-5-2/h16,19,22,25-29,52H,4-15,17-18,20-21,23-24,30-51H2,1-3H3/b19-16-,25-22-,27-26-,29-28-. The maximum atomic E-state index is 12.8. The highest BCUT2D eigenvalue weighted by atomic mass is 16.6. The number of allylic oxidation sites excluding steroid dienone is 8. The van der Waals surface area contributed by atoms with Crippen LogP contribution in [-0.4, -0.2) is 37.2 Å². The average Bonchev–Trinajstić information content (AvgIpc) is 3.26. The van der Waals surface area contributed by atoms with Gasteiger partial charge in [0.15, 0.2) is 6.10 Å². The van der Waals surface area contributed by atoms with Gasteiger partial charge in [0, 0.05) is 19.3 Å². The summed E-state index contributed by atoms with van der Waals surface area (Å²) in [6.45, 7) is 6.59. The van der Waals surface area contributed by atoms with Crippen molar-refractivity contribution in [1.29, 1.82) is 0 Å². The van der Waals surface area contributed by atoms with Gasteiger partial charge in [0.1, 0.15) is 13.2 Å². The van der Waals surface area contributed by atoms with Gasteiger partial charge in [0.05, 0.1) is 0 Å². The lowest BCUT2D eigenvalue weighted by atomic mass is 10.0. The molecule has 0 N–H and O–H groups in total. The van der Waals surface area contributed by atoms with Gasteiger partial charge in [-0.25, -0.2) is 0 Å². The summed E-state index contributed by atoms with van der Waals surface area (Å²) in [5.41, 5.74) is 0. The molecule has 6 heteroatoms. The molecule has 0 amide bonds. The van der Waals surface area contributed by atoms with Crippen molar-refractivity contribution in [2.45, 2.75) is 271 Å². The second-order valence-corrected chi connectivity index (χ2v) is 17.5. The van der Waals surface area contributed by atoms with Crippen LogP contribution in [0.2, 0.25) is 0 Å². The zero-order chi connectivity index (χ0) is 44.4. The summed E-state index contributed by atoms with van der Waals surface area (Å²) in [6.07, 6.45) is 59.4. The van der Waals surface area contributed by atoms with E-state index in [1.54, 1.807) is 0 Å². The molecular formula is C55H98O6. The zero-order valence-electron chi connectivity index (χ0n) is 40.4. The summed E-state index contributed by atoms with van der Waals surface area (Å²) < 4.78 is 16.8. The SMILES string of the molecule is CCCCC\C=C/C=C\C=C/C=C\CCCCCCCC(=O)OCC(COC(=O)CCCCCCCCCCCCCC)OC(=O)CCCCCCCCCCCCCCC. The summed E-state index contributed by atoms with van der Waals surface area (Å²) in [5, 5.41) is 0. The third-order valence-corrected chi connectivity index (χ3v) is 11.4. The first-order valence-electron chi connectivity index (χ1n) is 26.2. The van der Waals surface area contributed by atoms with E-state index in [9.17, 15) is 14.4 Å². The number of esters is 3. The molecule has 61 heavy (non-hydrogen) atoms. The van der Waals surface area contributed by atoms with E-state index >= 15 is 0 Å². The molecule has 0 aliphatic rings. The first-order chi connectivity index (χ1) is 30.0. The van der Waals surface area contributed by atoms with Gasteiger partial charge in [-0.3, -0.25) is 14.4 Å². The lowest BCUT2D eigenvalue weighted by Gasteiger charge is -2.18. The molecule has 0 radical (unpaired) electrons. The van der Waals surface area contributed by atoms with E-state index in [2.05, 4.69) is 69.4 Å². The molecule has 0 aromatic carbocycles. The number of hydrogen-bond acceptors (Lipinski definition) is 6. The van der Waals surface area contributed by atoms with Crippen LogP contribution in [0.25, 0.3) is 0 Å². The molecule has 0 spiro atoms. The number of ether oxygens (including phenoxy) is 3. The van der Waals surface area contributed by atoms with Crippen molar-refractivity contribution >= 4 is 17.9 Å². The molecule has 354 valence electrons. The Morgan fingerprint density at radius 2 is 0.590 bits per heavy atom. The van der Waals surface area contributed by atoms with Crippen molar-refractivity contribution in [3.8, 4) is 0 Å². The van der Waals surface area contributed by atoms with Crippen LogP contribution in [0.5, 0.6) is 0 Å². The van der Waals surface area contributed by atoms with E-state index in [0.29, 0.717) is 19.3 Å². The number of unbranched alkanes of at least 4 members (excludes halogenated alkanes) is 31. The van der Waals surface area contributed by atoms with Gasteiger partial charge in [-0.15, -0.1) is 0 Å². The van der Waals surface area contributed by atoms with E-state index in [1.165, 1.54) is 141 Å². The molecule has 0 fully saturated rings. The number of hydrogen-bond donors (Lipinski definition) is 0. The maximum Gasteiger partial charge on any atom is 0.306 e. The van der Waals surface area contributed by atoms with Gasteiger partial charge in [-0.2, -0.15) is 0 Å². The van der Waals surface area contributed by atoms with Crippen LogP contribution in [0, 0.1) is 0 Å². The Morgan fingerprint density at radius 1 is 0.328 bits per heavy atom. The summed E-state index contributed by atoms with van der Waals surface area (Å²) in [6, 6.07) is 0. The molecule has 0 heterocycles. The molecule has 0 bridgehead atoms. The second-order valence-electron chi connectivity index (χ2n) is 17.5. The lowest BCUT2D eigenvalue weighted by Crippen LogP contribution is -2.30. The molecule has 1 atom stereocenters. The van der Waals surface area contributed by atoms with E-state index in [0.717, 1.165) is 83.5 Å². The van der Waals surface area contributed by atoms with Gasteiger partial charge in [-0.1, -0.05) is 249 Å². The minimum atomic E-state index is -0.777. The second kappa shape index (κ2) is 50.0. The molecule has 0 saturated heterocycles. The summed E-state index contributed by atoms with van der Waals surface area (Å²) in [4.78, 5) is 37.9. The van der Waals surface area contributed by atoms with Crippen molar-refractivity contribution in [1.82, 2.24) is 0 Å². The topological polar surface area (TPSA) is 78.9 Å². The van der Waals surface area contributed by atoms with Gasteiger partial charge in [-0.05, 0) is 44.9 Å². The Kier molecular flexibility index (Phi) is 47.9. The Morgan fingerprint density at radius 3 is 0.951 bits per heavy atom. The van der Waals surface area contributed by atoms with Crippen molar-refractivity contribution < 1.29 is 28.6 Å². The molecule has 0 rings (SSSR count). The van der Waals surface area contributed by atoms with Crippen molar-refractivity contribution in [2.24, 2.45) is 0 Å². The first-order valence-corrected chi connectivity index (χ1v) is 26.2. The highest BCUT2D eigenvalue weighted by molar-refractivity contribution is 5.71. The molecular weight excluding hydrogens is 757 g/mol.